The van der Waals surface area contributed by atoms with Crippen molar-refractivity contribution in [3.8, 4) is 0 Å². The van der Waals surface area contributed by atoms with Crippen LogP contribution in [0.25, 0.3) is 0 Å². The first kappa shape index (κ1) is 19.8. The van der Waals surface area contributed by atoms with Crippen molar-refractivity contribution in [1.29, 1.82) is 0 Å². The Balaban J connectivity index is 1.51. The summed E-state index contributed by atoms with van der Waals surface area (Å²) in [6, 6.07) is 13.9. The van der Waals surface area contributed by atoms with E-state index in [2.05, 4.69) is 10.2 Å². The zero-order valence-electron chi connectivity index (χ0n) is 15.2. The Morgan fingerprint density at radius 1 is 1.30 bits per heavy atom. The van der Waals surface area contributed by atoms with Crippen molar-refractivity contribution >= 4 is 17.5 Å². The SMILES string of the molecule is NC(CC(=O)NC1CCCN(Cc2ccc(F)cc2Cl)C1)c1ccccc1. The van der Waals surface area contributed by atoms with Gasteiger partial charge in [0.15, 0.2) is 0 Å². The number of amides is 1. The molecule has 1 heterocycles. The first-order chi connectivity index (χ1) is 13.0. The third-order valence-corrected chi connectivity index (χ3v) is 5.26. The molecule has 2 aromatic rings. The van der Waals surface area contributed by atoms with E-state index in [0.29, 0.717) is 11.6 Å². The van der Waals surface area contributed by atoms with Crippen molar-refractivity contribution in [3.05, 3.63) is 70.5 Å². The fourth-order valence-corrected chi connectivity index (χ4v) is 3.74. The Labute approximate surface area is 164 Å². The van der Waals surface area contributed by atoms with E-state index in [0.717, 1.165) is 37.1 Å². The number of nitrogens with two attached hydrogens (primary N) is 1. The zero-order chi connectivity index (χ0) is 19.2. The van der Waals surface area contributed by atoms with E-state index >= 15 is 0 Å². The lowest BCUT2D eigenvalue weighted by Crippen LogP contribution is -2.47. The number of nitrogens with one attached hydrogen (secondary N) is 1. The molecule has 0 saturated carbocycles. The number of likely N-dealkylation sites (tertiary alicyclic amines) is 1. The van der Waals surface area contributed by atoms with E-state index in [1.807, 2.05) is 30.3 Å². The number of nitrogens with zero attached hydrogens (tertiary/aromatic N) is 1. The molecule has 1 aliphatic heterocycles. The fraction of sp³-hybridized carbons (Fsp3) is 0.381. The molecule has 0 bridgehead atoms. The standard InChI is InChI=1S/C21H25ClFN3O/c22-19-11-17(23)9-8-16(19)13-26-10-4-7-18(14-26)25-21(27)12-20(24)15-5-2-1-3-6-15/h1-3,5-6,8-9,11,18,20H,4,7,10,12-14,24H2,(H,25,27). The van der Waals surface area contributed by atoms with E-state index in [4.69, 9.17) is 17.3 Å². The Hall–Kier alpha value is -1.95. The number of hydrogen-bond acceptors (Lipinski definition) is 3. The summed E-state index contributed by atoms with van der Waals surface area (Å²) in [6.45, 7) is 2.33. The minimum Gasteiger partial charge on any atom is -0.352 e. The largest absolute Gasteiger partial charge is 0.352 e. The Morgan fingerprint density at radius 3 is 2.81 bits per heavy atom. The number of carbonyl (C=O) groups excluding carboxylic acids is 1. The molecule has 1 aliphatic rings. The third kappa shape index (κ3) is 5.76. The number of hydrogen-bond donors (Lipinski definition) is 2. The van der Waals surface area contributed by atoms with Gasteiger partial charge in [-0.05, 0) is 42.6 Å². The molecule has 6 heteroatoms. The van der Waals surface area contributed by atoms with Crippen molar-refractivity contribution in [2.45, 2.75) is 37.9 Å². The molecule has 2 atom stereocenters. The van der Waals surface area contributed by atoms with E-state index in [9.17, 15) is 9.18 Å². The first-order valence-corrected chi connectivity index (χ1v) is 9.65. The topological polar surface area (TPSA) is 58.4 Å². The van der Waals surface area contributed by atoms with Crippen LogP contribution in [0.5, 0.6) is 0 Å². The maximum Gasteiger partial charge on any atom is 0.222 e. The summed E-state index contributed by atoms with van der Waals surface area (Å²) in [7, 11) is 0. The van der Waals surface area contributed by atoms with Crippen molar-refractivity contribution in [2.75, 3.05) is 13.1 Å². The highest BCUT2D eigenvalue weighted by Crippen LogP contribution is 2.21. The summed E-state index contributed by atoms with van der Waals surface area (Å²) in [5.41, 5.74) is 8.00. The molecule has 144 valence electrons. The van der Waals surface area contributed by atoms with Crippen molar-refractivity contribution in [2.24, 2.45) is 5.73 Å². The molecule has 27 heavy (non-hydrogen) atoms. The van der Waals surface area contributed by atoms with Crippen LogP contribution in [0.3, 0.4) is 0 Å². The summed E-state index contributed by atoms with van der Waals surface area (Å²) < 4.78 is 13.2. The van der Waals surface area contributed by atoms with Crippen molar-refractivity contribution < 1.29 is 9.18 Å². The summed E-state index contributed by atoms with van der Waals surface area (Å²) in [6.07, 6.45) is 2.21. The Kier molecular flexibility index (Phi) is 6.83. The molecule has 3 rings (SSSR count). The van der Waals surface area contributed by atoms with Gasteiger partial charge < -0.3 is 11.1 Å². The van der Waals surface area contributed by atoms with Gasteiger partial charge in [0.05, 0.1) is 0 Å². The average molecular weight is 390 g/mol. The van der Waals surface area contributed by atoms with Gasteiger partial charge >= 0.3 is 0 Å². The van der Waals surface area contributed by atoms with Gasteiger partial charge in [0.25, 0.3) is 0 Å². The Bertz CT molecular complexity index is 771. The highest BCUT2D eigenvalue weighted by Gasteiger charge is 2.23. The van der Waals surface area contributed by atoms with E-state index in [-0.39, 0.29) is 30.2 Å². The van der Waals surface area contributed by atoms with E-state index in [1.165, 1.54) is 12.1 Å². The molecule has 0 spiro atoms. The second-order valence-corrected chi connectivity index (χ2v) is 7.51. The number of carbonyl (C=O) groups is 1. The first-order valence-electron chi connectivity index (χ1n) is 9.27. The molecule has 2 unspecified atom stereocenters. The van der Waals surface area contributed by atoms with Gasteiger partial charge in [-0.3, -0.25) is 9.69 Å². The van der Waals surface area contributed by atoms with Crippen LogP contribution >= 0.6 is 11.6 Å². The molecule has 0 aromatic heterocycles. The minimum atomic E-state index is -0.331. The molecule has 3 N–H and O–H groups in total. The van der Waals surface area contributed by atoms with Crippen LogP contribution in [0.4, 0.5) is 4.39 Å². The van der Waals surface area contributed by atoms with Crippen LogP contribution in [0.15, 0.2) is 48.5 Å². The number of piperidine rings is 1. The second-order valence-electron chi connectivity index (χ2n) is 7.10. The van der Waals surface area contributed by atoms with E-state index in [1.54, 1.807) is 6.07 Å². The summed E-state index contributed by atoms with van der Waals surface area (Å²) in [5, 5.41) is 3.55. The van der Waals surface area contributed by atoms with Crippen molar-refractivity contribution in [1.82, 2.24) is 10.2 Å². The monoisotopic (exact) mass is 389 g/mol. The zero-order valence-corrected chi connectivity index (χ0v) is 16.0. The van der Waals surface area contributed by atoms with Gasteiger partial charge in [-0.1, -0.05) is 48.0 Å². The minimum absolute atomic E-state index is 0.0296. The van der Waals surface area contributed by atoms with Gasteiger partial charge in [-0.25, -0.2) is 4.39 Å². The second kappa shape index (κ2) is 9.31. The van der Waals surface area contributed by atoms with Gasteiger partial charge in [-0.2, -0.15) is 0 Å². The van der Waals surface area contributed by atoms with Crippen LogP contribution in [0.2, 0.25) is 5.02 Å². The Morgan fingerprint density at radius 2 is 2.07 bits per heavy atom. The predicted molar refractivity (Wildman–Crippen MR) is 106 cm³/mol. The van der Waals surface area contributed by atoms with Crippen LogP contribution in [-0.2, 0) is 11.3 Å². The summed E-state index contributed by atoms with van der Waals surface area (Å²) in [5.74, 6) is -0.361. The molecule has 1 fully saturated rings. The van der Waals surface area contributed by atoms with Crippen molar-refractivity contribution in [3.63, 3.8) is 0 Å². The van der Waals surface area contributed by atoms with Gasteiger partial charge in [-0.15, -0.1) is 0 Å². The number of benzene rings is 2. The van der Waals surface area contributed by atoms with Crippen LogP contribution < -0.4 is 11.1 Å². The molecule has 1 amide bonds. The molecule has 1 saturated heterocycles. The van der Waals surface area contributed by atoms with Crippen LogP contribution in [0.1, 0.15) is 36.4 Å². The molecule has 0 radical (unpaired) electrons. The van der Waals surface area contributed by atoms with E-state index < -0.39 is 0 Å². The fourth-order valence-electron chi connectivity index (χ4n) is 3.51. The number of halogens is 2. The van der Waals surface area contributed by atoms with Gasteiger partial charge in [0.2, 0.25) is 5.91 Å². The highest BCUT2D eigenvalue weighted by molar-refractivity contribution is 6.31. The molecular weight excluding hydrogens is 365 g/mol. The molecule has 2 aromatic carbocycles. The summed E-state index contributed by atoms with van der Waals surface area (Å²) >= 11 is 6.13. The summed E-state index contributed by atoms with van der Waals surface area (Å²) in [4.78, 5) is 14.6. The van der Waals surface area contributed by atoms with Crippen LogP contribution in [-0.4, -0.2) is 29.9 Å². The van der Waals surface area contributed by atoms with Gasteiger partial charge in [0.1, 0.15) is 5.82 Å². The maximum absolute atomic E-state index is 13.2. The number of rotatable bonds is 6. The lowest BCUT2D eigenvalue weighted by atomic mass is 10.0. The smallest absolute Gasteiger partial charge is 0.222 e. The lowest BCUT2D eigenvalue weighted by molar-refractivity contribution is -0.122. The molecular formula is C21H25ClFN3O. The third-order valence-electron chi connectivity index (χ3n) is 4.91. The van der Waals surface area contributed by atoms with Crippen LogP contribution in [0, 0.1) is 5.82 Å². The van der Waals surface area contributed by atoms with Gasteiger partial charge in [0, 0.05) is 36.6 Å². The average Bonchev–Trinajstić information content (AvgIpc) is 2.65. The molecule has 4 nitrogen and oxygen atoms in total. The lowest BCUT2D eigenvalue weighted by Gasteiger charge is -2.33. The maximum atomic E-state index is 13.2. The quantitative estimate of drug-likeness (QED) is 0.792. The normalized spacial score (nSPS) is 18.9. The highest BCUT2D eigenvalue weighted by atomic mass is 35.5. The molecule has 0 aliphatic carbocycles. The predicted octanol–water partition coefficient (Wildman–Crippen LogP) is 3.65.